The van der Waals surface area contributed by atoms with Gasteiger partial charge in [0.05, 0.1) is 10.6 Å². The molecule has 1 unspecified atom stereocenters. The zero-order chi connectivity index (χ0) is 14.6. The SMILES string of the molecule is CC(C)C(CCN)Nc1ncc(C(F)(F)F)cc1Cl. The van der Waals surface area contributed by atoms with E-state index in [9.17, 15) is 13.2 Å². The highest BCUT2D eigenvalue weighted by atomic mass is 35.5. The fraction of sp³-hybridized carbons (Fsp3) is 0.583. The van der Waals surface area contributed by atoms with Crippen molar-refractivity contribution in [2.75, 3.05) is 11.9 Å². The fourth-order valence-electron chi connectivity index (χ4n) is 1.63. The second kappa shape index (κ2) is 6.43. The van der Waals surface area contributed by atoms with Crippen molar-refractivity contribution in [2.45, 2.75) is 32.5 Å². The summed E-state index contributed by atoms with van der Waals surface area (Å²) in [6.45, 7) is 4.46. The number of hydrogen-bond acceptors (Lipinski definition) is 3. The number of rotatable bonds is 5. The van der Waals surface area contributed by atoms with Crippen LogP contribution in [0.15, 0.2) is 12.3 Å². The summed E-state index contributed by atoms with van der Waals surface area (Å²) in [6, 6.07) is 0.892. The van der Waals surface area contributed by atoms with E-state index < -0.39 is 11.7 Å². The largest absolute Gasteiger partial charge is 0.417 e. The average molecular weight is 296 g/mol. The summed E-state index contributed by atoms with van der Waals surface area (Å²) in [4.78, 5) is 3.75. The number of anilines is 1. The van der Waals surface area contributed by atoms with Gasteiger partial charge >= 0.3 is 6.18 Å². The highest BCUT2D eigenvalue weighted by Gasteiger charge is 2.31. The molecule has 1 heterocycles. The smallest absolute Gasteiger partial charge is 0.366 e. The summed E-state index contributed by atoms with van der Waals surface area (Å²) in [7, 11) is 0. The number of aromatic nitrogens is 1. The van der Waals surface area contributed by atoms with Crippen molar-refractivity contribution >= 4 is 17.4 Å². The Morgan fingerprint density at radius 3 is 2.47 bits per heavy atom. The van der Waals surface area contributed by atoms with Crippen LogP contribution in [0.4, 0.5) is 19.0 Å². The van der Waals surface area contributed by atoms with E-state index in [-0.39, 0.29) is 22.8 Å². The van der Waals surface area contributed by atoms with Gasteiger partial charge in [-0.25, -0.2) is 4.98 Å². The minimum absolute atomic E-state index is 0.0201. The van der Waals surface area contributed by atoms with Gasteiger partial charge in [-0.3, -0.25) is 0 Å². The fourth-order valence-corrected chi connectivity index (χ4v) is 1.85. The van der Waals surface area contributed by atoms with Gasteiger partial charge in [-0.2, -0.15) is 13.2 Å². The van der Waals surface area contributed by atoms with Crippen molar-refractivity contribution in [1.82, 2.24) is 4.98 Å². The van der Waals surface area contributed by atoms with Crippen LogP contribution < -0.4 is 11.1 Å². The number of alkyl halides is 3. The Labute approximate surface area is 115 Å². The van der Waals surface area contributed by atoms with Gasteiger partial charge in [0.2, 0.25) is 0 Å². The lowest BCUT2D eigenvalue weighted by molar-refractivity contribution is -0.137. The van der Waals surface area contributed by atoms with Crippen molar-refractivity contribution < 1.29 is 13.2 Å². The molecule has 0 amide bonds. The van der Waals surface area contributed by atoms with E-state index in [4.69, 9.17) is 17.3 Å². The van der Waals surface area contributed by atoms with Crippen molar-refractivity contribution in [3.05, 3.63) is 22.8 Å². The average Bonchev–Trinajstić information content (AvgIpc) is 2.29. The number of nitrogens with one attached hydrogen (secondary N) is 1. The molecule has 3 nitrogen and oxygen atoms in total. The third kappa shape index (κ3) is 4.54. The molecule has 0 saturated carbocycles. The van der Waals surface area contributed by atoms with E-state index in [0.29, 0.717) is 13.0 Å². The number of nitrogens with zero attached hydrogens (tertiary/aromatic N) is 1. The van der Waals surface area contributed by atoms with E-state index in [1.165, 1.54) is 0 Å². The second-order valence-corrected chi connectivity index (χ2v) is 5.03. The van der Waals surface area contributed by atoms with Gasteiger partial charge < -0.3 is 11.1 Å². The Hall–Kier alpha value is -1.01. The monoisotopic (exact) mass is 295 g/mol. The summed E-state index contributed by atoms with van der Waals surface area (Å²) in [6.07, 6.45) is -2.98. The lowest BCUT2D eigenvalue weighted by Gasteiger charge is -2.23. The topological polar surface area (TPSA) is 50.9 Å². The summed E-state index contributed by atoms with van der Waals surface area (Å²) in [5, 5.41) is 2.99. The summed E-state index contributed by atoms with van der Waals surface area (Å²) >= 11 is 5.83. The summed E-state index contributed by atoms with van der Waals surface area (Å²) < 4.78 is 37.4. The number of pyridine rings is 1. The highest BCUT2D eigenvalue weighted by Crippen LogP contribution is 2.32. The Bertz CT molecular complexity index is 421. The van der Waals surface area contributed by atoms with Crippen LogP contribution >= 0.6 is 11.6 Å². The van der Waals surface area contributed by atoms with Gasteiger partial charge in [-0.1, -0.05) is 25.4 Å². The molecule has 1 rings (SSSR count). The van der Waals surface area contributed by atoms with E-state index >= 15 is 0 Å². The Morgan fingerprint density at radius 2 is 2.05 bits per heavy atom. The zero-order valence-electron chi connectivity index (χ0n) is 10.8. The minimum atomic E-state index is -4.44. The quantitative estimate of drug-likeness (QED) is 0.873. The third-order valence-corrected chi connectivity index (χ3v) is 3.06. The van der Waals surface area contributed by atoms with E-state index in [0.717, 1.165) is 12.3 Å². The lowest BCUT2D eigenvalue weighted by atomic mass is 10.0. The molecule has 1 atom stereocenters. The molecular weight excluding hydrogens is 279 g/mol. The molecule has 0 saturated heterocycles. The van der Waals surface area contributed by atoms with Gasteiger partial charge in [0.25, 0.3) is 0 Å². The molecule has 0 aliphatic carbocycles. The Kier molecular flexibility index (Phi) is 5.43. The first kappa shape index (κ1) is 16.0. The van der Waals surface area contributed by atoms with Crippen LogP contribution in [-0.2, 0) is 6.18 Å². The maximum Gasteiger partial charge on any atom is 0.417 e. The van der Waals surface area contributed by atoms with Crippen molar-refractivity contribution in [1.29, 1.82) is 0 Å². The standard InChI is InChI=1S/C12H17ClF3N3/c1-7(2)10(3-4-17)19-11-9(13)5-8(6-18-11)12(14,15)16/h5-7,10H,3-4,17H2,1-2H3,(H,18,19). The molecule has 0 spiro atoms. The molecule has 0 fully saturated rings. The predicted molar refractivity (Wildman–Crippen MR) is 70.2 cm³/mol. The van der Waals surface area contributed by atoms with E-state index in [2.05, 4.69) is 10.3 Å². The number of halogens is 4. The summed E-state index contributed by atoms with van der Waals surface area (Å²) in [5.74, 6) is 0.519. The molecule has 0 aliphatic heterocycles. The highest BCUT2D eigenvalue weighted by molar-refractivity contribution is 6.33. The van der Waals surface area contributed by atoms with Crippen molar-refractivity contribution in [3.63, 3.8) is 0 Å². The Morgan fingerprint density at radius 1 is 1.42 bits per heavy atom. The van der Waals surface area contributed by atoms with E-state index in [1.54, 1.807) is 0 Å². The molecule has 0 bridgehead atoms. The maximum absolute atomic E-state index is 12.5. The van der Waals surface area contributed by atoms with Crippen LogP contribution in [0, 0.1) is 5.92 Å². The van der Waals surface area contributed by atoms with Crippen LogP contribution in [0.25, 0.3) is 0 Å². The van der Waals surface area contributed by atoms with Gasteiger partial charge in [-0.05, 0) is 24.9 Å². The molecule has 0 aliphatic rings. The van der Waals surface area contributed by atoms with Gasteiger partial charge in [0, 0.05) is 12.2 Å². The predicted octanol–water partition coefficient (Wildman–Crippen LogP) is 3.54. The van der Waals surface area contributed by atoms with Crippen LogP contribution in [0.1, 0.15) is 25.8 Å². The van der Waals surface area contributed by atoms with Gasteiger partial charge in [-0.15, -0.1) is 0 Å². The molecular formula is C12H17ClF3N3. The van der Waals surface area contributed by atoms with Crippen LogP contribution in [0.2, 0.25) is 5.02 Å². The van der Waals surface area contributed by atoms with Crippen molar-refractivity contribution in [3.8, 4) is 0 Å². The van der Waals surface area contributed by atoms with E-state index in [1.807, 2.05) is 13.8 Å². The van der Waals surface area contributed by atoms with Gasteiger partial charge in [0.15, 0.2) is 0 Å². The van der Waals surface area contributed by atoms with Crippen LogP contribution in [0.3, 0.4) is 0 Å². The molecule has 0 aromatic carbocycles. The summed E-state index contributed by atoms with van der Waals surface area (Å²) in [5.41, 5.74) is 4.64. The zero-order valence-corrected chi connectivity index (χ0v) is 11.5. The molecule has 1 aromatic rings. The molecule has 3 N–H and O–H groups in total. The van der Waals surface area contributed by atoms with Crippen molar-refractivity contribution in [2.24, 2.45) is 11.7 Å². The number of nitrogens with two attached hydrogens (primary N) is 1. The van der Waals surface area contributed by atoms with Crippen LogP contribution in [0.5, 0.6) is 0 Å². The minimum Gasteiger partial charge on any atom is -0.366 e. The molecule has 7 heteroatoms. The second-order valence-electron chi connectivity index (χ2n) is 4.62. The normalized spacial score (nSPS) is 13.7. The molecule has 0 radical (unpaired) electrons. The first-order valence-electron chi connectivity index (χ1n) is 5.95. The van der Waals surface area contributed by atoms with Gasteiger partial charge in [0.1, 0.15) is 5.82 Å². The maximum atomic E-state index is 12.5. The molecule has 108 valence electrons. The first-order chi connectivity index (χ1) is 8.75. The Balaban J connectivity index is 2.90. The molecule has 1 aromatic heterocycles. The lowest BCUT2D eigenvalue weighted by Crippen LogP contribution is -2.29. The first-order valence-corrected chi connectivity index (χ1v) is 6.32. The van der Waals surface area contributed by atoms with Crippen LogP contribution in [-0.4, -0.2) is 17.6 Å². The number of hydrogen-bond donors (Lipinski definition) is 2. The third-order valence-electron chi connectivity index (χ3n) is 2.77. The molecule has 19 heavy (non-hydrogen) atoms.